The zero-order valence-corrected chi connectivity index (χ0v) is 19.6. The number of ether oxygens (including phenoxy) is 1. The van der Waals surface area contributed by atoms with Gasteiger partial charge in [0.25, 0.3) is 0 Å². The molecular formula is C25H32N2O4S. The Morgan fingerprint density at radius 2 is 1.84 bits per heavy atom. The number of hydrogen-bond donors (Lipinski definition) is 2. The minimum atomic E-state index is -0.563. The summed E-state index contributed by atoms with van der Waals surface area (Å²) in [7, 11) is 0. The Morgan fingerprint density at radius 1 is 1.12 bits per heavy atom. The number of rotatable bonds is 10. The molecule has 0 unspecified atom stereocenters. The normalized spacial score (nSPS) is 14.4. The van der Waals surface area contributed by atoms with Gasteiger partial charge in [0.15, 0.2) is 0 Å². The average Bonchev–Trinajstić information content (AvgIpc) is 3.37. The van der Waals surface area contributed by atoms with Crippen LogP contribution in [0.15, 0.2) is 30.3 Å². The van der Waals surface area contributed by atoms with Crippen LogP contribution in [0.4, 0.5) is 0 Å². The smallest absolute Gasteiger partial charge is 0.311 e. The summed E-state index contributed by atoms with van der Waals surface area (Å²) in [5.74, 6) is -1.16. The van der Waals surface area contributed by atoms with Crippen molar-refractivity contribution in [2.75, 3.05) is 0 Å². The maximum absolute atomic E-state index is 12.6. The zero-order valence-electron chi connectivity index (χ0n) is 18.8. The number of aryl methyl sites for hydroxylation is 1. The zero-order chi connectivity index (χ0) is 23.3. The third-order valence-corrected chi connectivity index (χ3v) is 7.20. The highest BCUT2D eigenvalue weighted by atomic mass is 32.1. The molecule has 1 aromatic carbocycles. The summed E-state index contributed by atoms with van der Waals surface area (Å²) in [6, 6.07) is 9.81. The molecule has 6 nitrogen and oxygen atoms in total. The van der Waals surface area contributed by atoms with Crippen molar-refractivity contribution >= 4 is 29.1 Å². The first-order valence-electron chi connectivity index (χ1n) is 11.2. The molecule has 1 aliphatic carbocycles. The van der Waals surface area contributed by atoms with Crippen LogP contribution in [0.3, 0.4) is 0 Å². The molecular weight excluding hydrogens is 424 g/mol. The van der Waals surface area contributed by atoms with Gasteiger partial charge in [0, 0.05) is 9.75 Å². The Labute approximate surface area is 193 Å². The molecule has 2 aromatic rings. The van der Waals surface area contributed by atoms with Crippen molar-refractivity contribution in [2.24, 2.45) is 16.9 Å². The molecule has 3 rings (SSSR count). The van der Waals surface area contributed by atoms with Crippen molar-refractivity contribution in [2.45, 2.75) is 71.3 Å². The van der Waals surface area contributed by atoms with E-state index in [-0.39, 0.29) is 18.5 Å². The van der Waals surface area contributed by atoms with Crippen molar-refractivity contribution < 1.29 is 19.1 Å². The van der Waals surface area contributed by atoms with Gasteiger partial charge in [0.1, 0.15) is 6.10 Å². The summed E-state index contributed by atoms with van der Waals surface area (Å²) in [6.45, 7) is 3.91. The molecule has 0 saturated heterocycles. The summed E-state index contributed by atoms with van der Waals surface area (Å²) in [5, 5.41) is 0. The fourth-order valence-corrected chi connectivity index (χ4v) is 5.27. The van der Waals surface area contributed by atoms with Gasteiger partial charge in [0.05, 0.1) is 17.4 Å². The van der Waals surface area contributed by atoms with E-state index in [9.17, 15) is 14.4 Å². The lowest BCUT2D eigenvalue weighted by Crippen LogP contribution is -2.29. The van der Waals surface area contributed by atoms with E-state index in [1.807, 2.05) is 26.0 Å². The maximum atomic E-state index is 12.6. The third-order valence-electron chi connectivity index (χ3n) is 6.02. The summed E-state index contributed by atoms with van der Waals surface area (Å²) in [6.07, 6.45) is 6.77. The molecule has 1 aromatic heterocycles. The summed E-state index contributed by atoms with van der Waals surface area (Å²) < 4.78 is 5.71. The molecule has 2 amide bonds. The average molecular weight is 457 g/mol. The van der Waals surface area contributed by atoms with Crippen molar-refractivity contribution in [3.8, 4) is 10.4 Å². The Hall–Kier alpha value is -2.67. The second-order valence-electron chi connectivity index (χ2n) is 9.20. The first-order chi connectivity index (χ1) is 15.2. The summed E-state index contributed by atoms with van der Waals surface area (Å²) in [4.78, 5) is 37.1. The first kappa shape index (κ1) is 24.0. The van der Waals surface area contributed by atoms with E-state index < -0.39 is 17.2 Å². The molecule has 0 radical (unpaired) electrons. The number of esters is 1. The van der Waals surface area contributed by atoms with Gasteiger partial charge in [-0.25, -0.2) is 0 Å². The van der Waals surface area contributed by atoms with Gasteiger partial charge in [-0.2, -0.15) is 0 Å². The Balaban J connectivity index is 1.63. The molecule has 1 heterocycles. The summed E-state index contributed by atoms with van der Waals surface area (Å²) in [5.41, 5.74) is 12.7. The van der Waals surface area contributed by atoms with Gasteiger partial charge >= 0.3 is 5.97 Å². The number of carbonyl (C=O) groups is 3. The van der Waals surface area contributed by atoms with E-state index in [2.05, 4.69) is 12.1 Å². The number of nitrogens with two attached hydrogens (primary N) is 2. The van der Waals surface area contributed by atoms with E-state index in [1.165, 1.54) is 11.3 Å². The van der Waals surface area contributed by atoms with Gasteiger partial charge in [-0.3, -0.25) is 14.4 Å². The molecule has 32 heavy (non-hydrogen) atoms. The van der Waals surface area contributed by atoms with Crippen molar-refractivity contribution in [3.63, 3.8) is 0 Å². The van der Waals surface area contributed by atoms with Crippen molar-refractivity contribution in [1.29, 1.82) is 0 Å². The second-order valence-corrected chi connectivity index (χ2v) is 10.3. The van der Waals surface area contributed by atoms with Crippen LogP contribution in [0.1, 0.15) is 73.2 Å². The van der Waals surface area contributed by atoms with Crippen LogP contribution in [0, 0.1) is 5.41 Å². The molecule has 7 heteroatoms. The number of primary amides is 2. The Bertz CT molecular complexity index is 990. The van der Waals surface area contributed by atoms with Crippen LogP contribution >= 0.6 is 11.3 Å². The third kappa shape index (κ3) is 6.19. The highest BCUT2D eigenvalue weighted by Crippen LogP contribution is 2.33. The molecule has 172 valence electrons. The lowest BCUT2D eigenvalue weighted by molar-refractivity contribution is -0.159. The molecule has 0 aliphatic heterocycles. The van der Waals surface area contributed by atoms with E-state index in [1.54, 1.807) is 6.07 Å². The number of amides is 2. The quantitative estimate of drug-likeness (QED) is 0.517. The molecule has 0 bridgehead atoms. The van der Waals surface area contributed by atoms with Crippen LogP contribution in [-0.2, 0) is 27.2 Å². The van der Waals surface area contributed by atoms with Crippen molar-refractivity contribution in [3.05, 3.63) is 46.3 Å². The van der Waals surface area contributed by atoms with Crippen LogP contribution in [0.5, 0.6) is 0 Å². The van der Waals surface area contributed by atoms with Gasteiger partial charge in [-0.1, -0.05) is 24.3 Å². The van der Waals surface area contributed by atoms with E-state index in [0.29, 0.717) is 10.4 Å². The van der Waals surface area contributed by atoms with Crippen molar-refractivity contribution in [1.82, 2.24) is 0 Å². The predicted molar refractivity (Wildman–Crippen MR) is 126 cm³/mol. The lowest BCUT2D eigenvalue weighted by Gasteiger charge is -2.24. The van der Waals surface area contributed by atoms with Gasteiger partial charge in [-0.05, 0) is 76.0 Å². The van der Waals surface area contributed by atoms with E-state index in [4.69, 9.17) is 16.2 Å². The minimum Gasteiger partial charge on any atom is -0.462 e. The molecule has 0 spiro atoms. The van der Waals surface area contributed by atoms with Crippen LogP contribution in [-0.4, -0.2) is 23.9 Å². The van der Waals surface area contributed by atoms with Gasteiger partial charge in [-0.15, -0.1) is 11.3 Å². The van der Waals surface area contributed by atoms with Crippen LogP contribution in [0.25, 0.3) is 10.4 Å². The number of carbonyl (C=O) groups excluding carboxylic acids is 3. The minimum absolute atomic E-state index is 0.00529. The van der Waals surface area contributed by atoms with Gasteiger partial charge < -0.3 is 16.2 Å². The topological polar surface area (TPSA) is 112 Å². The highest BCUT2D eigenvalue weighted by molar-refractivity contribution is 7.16. The number of thiophene rings is 1. The predicted octanol–water partition coefficient (Wildman–Crippen LogP) is 4.38. The SMILES string of the molecule is CC(C)(CCCc1cccc(-c2cc(C(N)=O)c(CC(N)=O)s2)c1)C(=O)OC1CCCC1. The summed E-state index contributed by atoms with van der Waals surface area (Å²) >= 11 is 1.36. The Morgan fingerprint density at radius 3 is 2.50 bits per heavy atom. The number of benzene rings is 1. The molecule has 1 aliphatic rings. The van der Waals surface area contributed by atoms with E-state index >= 15 is 0 Å². The first-order valence-corrected chi connectivity index (χ1v) is 12.0. The monoisotopic (exact) mass is 456 g/mol. The highest BCUT2D eigenvalue weighted by Gasteiger charge is 2.31. The molecule has 1 fully saturated rings. The lowest BCUT2D eigenvalue weighted by atomic mass is 9.86. The number of hydrogen-bond acceptors (Lipinski definition) is 5. The molecule has 1 saturated carbocycles. The van der Waals surface area contributed by atoms with Gasteiger partial charge in [0.2, 0.25) is 11.8 Å². The van der Waals surface area contributed by atoms with Crippen LogP contribution < -0.4 is 11.5 Å². The molecule has 4 N–H and O–H groups in total. The molecule has 0 atom stereocenters. The largest absolute Gasteiger partial charge is 0.462 e. The fraction of sp³-hybridized carbons (Fsp3) is 0.480. The fourth-order valence-electron chi connectivity index (χ4n) is 4.10. The van der Waals surface area contributed by atoms with E-state index in [0.717, 1.165) is 60.9 Å². The second kappa shape index (κ2) is 10.3. The maximum Gasteiger partial charge on any atom is 0.311 e. The van der Waals surface area contributed by atoms with Crippen LogP contribution in [0.2, 0.25) is 0 Å². The Kier molecular flexibility index (Phi) is 7.72. The standard InChI is InChI=1S/C25H32N2O4S/c1-25(2,24(30)31-18-10-3-4-11-18)12-6-8-16-7-5-9-17(13-16)20-14-19(23(27)29)21(32-20)15-22(26)28/h5,7,9,13-14,18H,3-4,6,8,10-12,15H2,1-2H3,(H2,26,28)(H2,27,29).